The number of methoxy groups -OCH3 is 1. The first kappa shape index (κ1) is 18.3. The van der Waals surface area contributed by atoms with Crippen molar-refractivity contribution in [2.45, 2.75) is 23.0 Å². The van der Waals surface area contributed by atoms with E-state index in [1.165, 1.54) is 0 Å². The number of amides is 2. The summed E-state index contributed by atoms with van der Waals surface area (Å²) in [6.07, 6.45) is 0.626. The summed E-state index contributed by atoms with van der Waals surface area (Å²) < 4.78 is 5.17. The van der Waals surface area contributed by atoms with Crippen LogP contribution >= 0.6 is 11.8 Å². The maximum Gasteiger partial charge on any atom is 0.245 e. The standard InChI is InChI=1S/C19H20N2O4S/c1-25-14-8-6-13(7-9-14)12-17-19(23)21(11-10-18(22)20-24)15-4-2-3-5-16(15)26-17/h2-9,17,24H,10-12H2,1H3,(H,20,22). The van der Waals surface area contributed by atoms with Gasteiger partial charge in [0.2, 0.25) is 11.8 Å². The van der Waals surface area contributed by atoms with Gasteiger partial charge in [0.25, 0.3) is 0 Å². The summed E-state index contributed by atoms with van der Waals surface area (Å²) in [7, 11) is 1.62. The Kier molecular flexibility index (Phi) is 5.80. The van der Waals surface area contributed by atoms with Crippen LogP contribution < -0.4 is 15.1 Å². The molecule has 2 N–H and O–H groups in total. The number of hydrogen-bond acceptors (Lipinski definition) is 5. The number of carbonyl (C=O) groups is 2. The second-order valence-corrected chi connectivity index (χ2v) is 7.15. The Morgan fingerprint density at radius 1 is 1.23 bits per heavy atom. The van der Waals surface area contributed by atoms with E-state index in [9.17, 15) is 9.59 Å². The summed E-state index contributed by atoms with van der Waals surface area (Å²) in [6.45, 7) is 0.224. The number of hydroxylamine groups is 1. The fourth-order valence-corrected chi connectivity index (χ4v) is 4.15. The molecule has 136 valence electrons. The van der Waals surface area contributed by atoms with Crippen LogP contribution in [-0.2, 0) is 16.0 Å². The molecule has 1 aliphatic rings. The fraction of sp³-hybridized carbons (Fsp3) is 0.263. The first-order valence-electron chi connectivity index (χ1n) is 8.25. The van der Waals surface area contributed by atoms with Gasteiger partial charge in [0.1, 0.15) is 5.75 Å². The van der Waals surface area contributed by atoms with E-state index < -0.39 is 5.91 Å². The number of benzene rings is 2. The molecule has 0 spiro atoms. The van der Waals surface area contributed by atoms with E-state index in [1.54, 1.807) is 29.3 Å². The van der Waals surface area contributed by atoms with Crippen LogP contribution in [0.3, 0.4) is 0 Å². The van der Waals surface area contributed by atoms with Crippen molar-refractivity contribution >= 4 is 29.3 Å². The largest absolute Gasteiger partial charge is 0.497 e. The Labute approximate surface area is 156 Å². The van der Waals surface area contributed by atoms with Crippen molar-refractivity contribution in [3.05, 3.63) is 54.1 Å². The van der Waals surface area contributed by atoms with Crippen LogP contribution in [-0.4, -0.2) is 35.9 Å². The van der Waals surface area contributed by atoms with E-state index in [0.29, 0.717) is 6.42 Å². The number of nitrogens with zero attached hydrogens (tertiary/aromatic N) is 1. The van der Waals surface area contributed by atoms with Gasteiger partial charge in [0.05, 0.1) is 18.0 Å². The molecule has 0 bridgehead atoms. The van der Waals surface area contributed by atoms with Crippen molar-refractivity contribution in [2.24, 2.45) is 0 Å². The Balaban J connectivity index is 1.81. The molecule has 7 heteroatoms. The SMILES string of the molecule is COc1ccc(CC2Sc3ccccc3N(CCC(=O)NO)C2=O)cc1. The predicted molar refractivity (Wildman–Crippen MR) is 99.7 cm³/mol. The van der Waals surface area contributed by atoms with Crippen molar-refractivity contribution in [3.8, 4) is 5.75 Å². The Hall–Kier alpha value is -2.51. The highest BCUT2D eigenvalue weighted by molar-refractivity contribution is 8.01. The second kappa shape index (κ2) is 8.25. The zero-order chi connectivity index (χ0) is 18.5. The minimum absolute atomic E-state index is 0.0322. The highest BCUT2D eigenvalue weighted by Crippen LogP contribution is 2.40. The maximum absolute atomic E-state index is 13.0. The number of carbonyl (C=O) groups excluding carboxylic acids is 2. The Morgan fingerprint density at radius 3 is 2.65 bits per heavy atom. The number of fused-ring (bicyclic) bond motifs is 1. The third-order valence-corrected chi connectivity index (χ3v) is 5.49. The normalized spacial score (nSPS) is 16.2. The molecule has 1 unspecified atom stereocenters. The van der Waals surface area contributed by atoms with Gasteiger partial charge in [-0.1, -0.05) is 24.3 Å². The van der Waals surface area contributed by atoms with Crippen molar-refractivity contribution in [2.75, 3.05) is 18.6 Å². The van der Waals surface area contributed by atoms with Crippen molar-refractivity contribution < 1.29 is 19.5 Å². The first-order chi connectivity index (χ1) is 12.6. The van der Waals surface area contributed by atoms with Crippen molar-refractivity contribution in [3.63, 3.8) is 0 Å². The summed E-state index contributed by atoms with van der Waals surface area (Å²) >= 11 is 1.54. The number of ether oxygens (including phenoxy) is 1. The molecule has 1 heterocycles. The fourth-order valence-electron chi connectivity index (χ4n) is 2.88. The predicted octanol–water partition coefficient (Wildman–Crippen LogP) is 2.64. The van der Waals surface area contributed by atoms with Gasteiger partial charge in [0, 0.05) is 17.9 Å². The van der Waals surface area contributed by atoms with Gasteiger partial charge in [0.15, 0.2) is 0 Å². The van der Waals surface area contributed by atoms with Crippen LogP contribution in [0, 0.1) is 0 Å². The number of anilines is 1. The van der Waals surface area contributed by atoms with Crippen LogP contribution in [0.1, 0.15) is 12.0 Å². The number of nitrogens with one attached hydrogen (secondary N) is 1. The lowest BCUT2D eigenvalue weighted by atomic mass is 10.1. The average Bonchev–Trinajstić information content (AvgIpc) is 2.68. The number of thioether (sulfide) groups is 1. The molecular formula is C19H20N2O4S. The van der Waals surface area contributed by atoms with E-state index in [4.69, 9.17) is 9.94 Å². The topological polar surface area (TPSA) is 78.9 Å². The second-order valence-electron chi connectivity index (χ2n) is 5.90. The zero-order valence-electron chi connectivity index (χ0n) is 14.3. The van der Waals surface area contributed by atoms with E-state index in [0.717, 1.165) is 21.9 Å². The molecule has 1 atom stereocenters. The minimum Gasteiger partial charge on any atom is -0.497 e. The molecule has 2 aromatic carbocycles. The van der Waals surface area contributed by atoms with E-state index in [-0.39, 0.29) is 24.1 Å². The van der Waals surface area contributed by atoms with E-state index in [1.807, 2.05) is 48.5 Å². The van der Waals surface area contributed by atoms with Crippen LogP contribution in [0.2, 0.25) is 0 Å². The molecule has 0 aromatic heterocycles. The number of rotatable bonds is 6. The van der Waals surface area contributed by atoms with Crippen molar-refractivity contribution in [1.29, 1.82) is 0 Å². The Bertz CT molecular complexity index is 794. The van der Waals surface area contributed by atoms with Gasteiger partial charge in [-0.25, -0.2) is 5.48 Å². The van der Waals surface area contributed by atoms with Crippen molar-refractivity contribution in [1.82, 2.24) is 5.48 Å². The molecular weight excluding hydrogens is 352 g/mol. The van der Waals surface area contributed by atoms with Crippen LogP contribution in [0.4, 0.5) is 5.69 Å². The molecule has 3 rings (SSSR count). The molecule has 2 aromatic rings. The van der Waals surface area contributed by atoms with Gasteiger partial charge < -0.3 is 9.64 Å². The van der Waals surface area contributed by atoms with Gasteiger partial charge >= 0.3 is 0 Å². The lowest BCUT2D eigenvalue weighted by Crippen LogP contribution is -2.43. The summed E-state index contributed by atoms with van der Waals surface area (Å²) in [4.78, 5) is 27.0. The molecule has 6 nitrogen and oxygen atoms in total. The summed E-state index contributed by atoms with van der Waals surface area (Å²) in [6, 6.07) is 15.3. The molecule has 0 fully saturated rings. The van der Waals surface area contributed by atoms with Gasteiger partial charge in [-0.15, -0.1) is 11.8 Å². The summed E-state index contributed by atoms with van der Waals surface area (Å²) in [5, 5.41) is 8.43. The van der Waals surface area contributed by atoms with Gasteiger partial charge in [-0.05, 0) is 36.2 Å². The van der Waals surface area contributed by atoms with Gasteiger partial charge in [-0.3, -0.25) is 14.8 Å². The van der Waals surface area contributed by atoms with Crippen LogP contribution in [0.5, 0.6) is 5.75 Å². The van der Waals surface area contributed by atoms with Crippen LogP contribution in [0.15, 0.2) is 53.4 Å². The molecule has 26 heavy (non-hydrogen) atoms. The van der Waals surface area contributed by atoms with Crippen LogP contribution in [0.25, 0.3) is 0 Å². The quantitative estimate of drug-likeness (QED) is 0.602. The number of para-hydroxylation sites is 1. The molecule has 0 radical (unpaired) electrons. The summed E-state index contributed by atoms with van der Waals surface area (Å²) in [5.41, 5.74) is 3.46. The minimum atomic E-state index is -0.514. The highest BCUT2D eigenvalue weighted by atomic mass is 32.2. The third-order valence-electron chi connectivity index (χ3n) is 4.23. The molecule has 0 saturated carbocycles. The zero-order valence-corrected chi connectivity index (χ0v) is 15.2. The third kappa shape index (κ3) is 4.00. The summed E-state index contributed by atoms with van der Waals surface area (Å²) in [5.74, 6) is 0.230. The smallest absolute Gasteiger partial charge is 0.245 e. The average molecular weight is 372 g/mol. The lowest BCUT2D eigenvalue weighted by molar-refractivity contribution is -0.129. The number of hydrogen-bond donors (Lipinski definition) is 2. The lowest BCUT2D eigenvalue weighted by Gasteiger charge is -2.33. The first-order valence-corrected chi connectivity index (χ1v) is 9.13. The monoisotopic (exact) mass is 372 g/mol. The van der Waals surface area contributed by atoms with Gasteiger partial charge in [-0.2, -0.15) is 0 Å². The van der Waals surface area contributed by atoms with E-state index >= 15 is 0 Å². The molecule has 0 saturated heterocycles. The highest BCUT2D eigenvalue weighted by Gasteiger charge is 2.33. The molecule has 2 amide bonds. The van der Waals surface area contributed by atoms with E-state index in [2.05, 4.69) is 0 Å². The maximum atomic E-state index is 13.0. The Morgan fingerprint density at radius 2 is 1.96 bits per heavy atom. The molecule has 1 aliphatic heterocycles. The molecule has 0 aliphatic carbocycles.